The highest BCUT2D eigenvalue weighted by atomic mass is 32.2. The van der Waals surface area contributed by atoms with E-state index in [0.717, 1.165) is 4.31 Å². The predicted molar refractivity (Wildman–Crippen MR) is 59.8 cm³/mol. The molecule has 0 radical (unpaired) electrons. The van der Waals surface area contributed by atoms with Crippen LogP contribution in [0.2, 0.25) is 0 Å². The van der Waals surface area contributed by atoms with E-state index in [1.54, 1.807) is 0 Å². The van der Waals surface area contributed by atoms with Crippen molar-refractivity contribution in [3.05, 3.63) is 0 Å². The molecule has 2 rings (SSSR count). The summed E-state index contributed by atoms with van der Waals surface area (Å²) < 4.78 is 43.5. The Morgan fingerprint density at radius 1 is 1.18 bits per heavy atom. The highest BCUT2D eigenvalue weighted by Gasteiger charge is 2.47. The van der Waals surface area contributed by atoms with E-state index >= 15 is 0 Å². The molecule has 0 aromatic rings. The van der Waals surface area contributed by atoms with Gasteiger partial charge in [0, 0.05) is 12.6 Å². The van der Waals surface area contributed by atoms with Gasteiger partial charge in [0.25, 0.3) is 0 Å². The van der Waals surface area contributed by atoms with Crippen LogP contribution in [0.5, 0.6) is 0 Å². The minimum atomic E-state index is -4.26. The topological polar surface area (TPSA) is 115 Å². The van der Waals surface area contributed by atoms with Crippen molar-refractivity contribution in [2.45, 2.75) is 37.4 Å². The van der Waals surface area contributed by atoms with Gasteiger partial charge in [-0.15, -0.1) is 0 Å². The van der Waals surface area contributed by atoms with E-state index in [0.29, 0.717) is 19.3 Å². The van der Waals surface area contributed by atoms with E-state index in [9.17, 15) is 13.0 Å². The zero-order valence-corrected chi connectivity index (χ0v) is 10.8. The third-order valence-corrected chi connectivity index (χ3v) is 6.26. The average Bonchev–Trinajstić information content (AvgIpc) is 2.57. The number of hydrogen-bond donors (Lipinski definition) is 3. The normalized spacial score (nSPS) is 35.8. The molecular formula is C8H16NO6PS. The molecule has 7 nitrogen and oxygen atoms in total. The van der Waals surface area contributed by atoms with Gasteiger partial charge in [0.05, 0.1) is 5.66 Å². The maximum absolute atomic E-state index is 11.2. The smallest absolute Gasteiger partial charge is 0.324 e. The molecule has 3 unspecified atom stereocenters. The van der Waals surface area contributed by atoms with Crippen LogP contribution >= 0.6 is 7.60 Å². The molecule has 3 N–H and O–H groups in total. The Kier molecular flexibility index (Phi) is 3.40. The minimum absolute atomic E-state index is 0.111. The van der Waals surface area contributed by atoms with Gasteiger partial charge in [-0.25, -0.2) is 0 Å². The van der Waals surface area contributed by atoms with Crippen molar-refractivity contribution in [2.24, 2.45) is 5.92 Å². The first-order valence-corrected chi connectivity index (χ1v) is 8.57. The first kappa shape index (κ1) is 13.5. The number of hydrogen-bond acceptors (Lipinski definition) is 3. The Labute approximate surface area is 99.9 Å². The van der Waals surface area contributed by atoms with Gasteiger partial charge in [0.15, 0.2) is 0 Å². The summed E-state index contributed by atoms with van der Waals surface area (Å²) in [6, 6.07) is -0.462. The first-order chi connectivity index (χ1) is 7.69. The molecule has 0 aromatic carbocycles. The Bertz CT molecular complexity index is 445. The summed E-state index contributed by atoms with van der Waals surface area (Å²) in [6.07, 6.45) is 1.81. The van der Waals surface area contributed by atoms with Crippen LogP contribution in [0.25, 0.3) is 0 Å². The quantitative estimate of drug-likeness (QED) is 0.493. The minimum Gasteiger partial charge on any atom is -0.324 e. The maximum Gasteiger partial charge on any atom is 0.336 e. The van der Waals surface area contributed by atoms with Crippen LogP contribution in [-0.4, -0.2) is 45.3 Å². The van der Waals surface area contributed by atoms with Crippen LogP contribution in [0.4, 0.5) is 0 Å². The predicted octanol–water partition coefficient (Wildman–Crippen LogP) is 0.210. The summed E-state index contributed by atoms with van der Waals surface area (Å²) >= 11 is 0. The lowest BCUT2D eigenvalue weighted by atomic mass is 9.85. The molecule has 0 aromatic heterocycles. The molecule has 2 aliphatic rings. The van der Waals surface area contributed by atoms with Crippen LogP contribution in [0.15, 0.2) is 0 Å². The average molecular weight is 285 g/mol. The molecular weight excluding hydrogens is 269 g/mol. The summed E-state index contributed by atoms with van der Waals surface area (Å²) in [5.41, 5.74) is -0.786. The molecule has 17 heavy (non-hydrogen) atoms. The maximum atomic E-state index is 11.2. The molecule has 100 valence electrons. The highest BCUT2D eigenvalue weighted by molar-refractivity contribution is 7.83. The largest absolute Gasteiger partial charge is 0.336 e. The van der Waals surface area contributed by atoms with E-state index in [1.807, 2.05) is 0 Å². The number of rotatable bonds is 2. The second kappa shape index (κ2) is 4.29. The lowest BCUT2D eigenvalue weighted by molar-refractivity contribution is 0.230. The molecule has 1 saturated carbocycles. The molecule has 9 heteroatoms. The van der Waals surface area contributed by atoms with Crippen molar-refractivity contribution < 1.29 is 27.3 Å². The fourth-order valence-corrected chi connectivity index (χ4v) is 4.84. The molecule has 0 amide bonds. The van der Waals surface area contributed by atoms with Crippen LogP contribution in [0.3, 0.4) is 0 Å². The molecule has 0 spiro atoms. The Morgan fingerprint density at radius 3 is 2.35 bits per heavy atom. The van der Waals surface area contributed by atoms with Gasteiger partial charge in [-0.05, 0) is 31.6 Å². The van der Waals surface area contributed by atoms with Crippen LogP contribution in [0, 0.1) is 5.92 Å². The fourth-order valence-electron chi connectivity index (χ4n) is 2.93. The van der Waals surface area contributed by atoms with E-state index in [4.69, 9.17) is 14.3 Å². The molecule has 1 aliphatic heterocycles. The second-order valence-electron chi connectivity index (χ2n) is 4.76. The standard InChI is InChI=1S/C8H16NO6PS/c10-16(11,12)7-2-1-6-3-4-9(8(6)5-7)17(13,14)15/h6-8H,1-5H2,(H2,10,11,12)(H,13,14,15). The zero-order valence-electron chi connectivity index (χ0n) is 9.14. The van der Waals surface area contributed by atoms with Gasteiger partial charge < -0.3 is 9.79 Å². The van der Waals surface area contributed by atoms with Gasteiger partial charge in [-0.1, -0.05) is 0 Å². The van der Waals surface area contributed by atoms with Crippen LogP contribution < -0.4 is 0 Å². The summed E-state index contributed by atoms with van der Waals surface area (Å²) in [7, 11) is -8.43. The summed E-state index contributed by atoms with van der Waals surface area (Å²) in [4.78, 5) is 18.3. The van der Waals surface area contributed by atoms with Crippen molar-refractivity contribution >= 4 is 17.9 Å². The Morgan fingerprint density at radius 2 is 1.82 bits per heavy atom. The molecule has 1 aliphatic carbocycles. The van der Waals surface area contributed by atoms with Crippen LogP contribution in [-0.2, 0) is 14.9 Å². The van der Waals surface area contributed by atoms with E-state index in [1.165, 1.54) is 0 Å². The van der Waals surface area contributed by atoms with Crippen molar-refractivity contribution in [2.75, 3.05) is 6.54 Å². The Hall–Kier alpha value is 0.0200. The molecule has 1 saturated heterocycles. The molecule has 2 fully saturated rings. The third kappa shape index (κ3) is 2.72. The lowest BCUT2D eigenvalue weighted by Crippen LogP contribution is -2.42. The second-order valence-corrected chi connectivity index (χ2v) is 8.03. The van der Waals surface area contributed by atoms with E-state index in [2.05, 4.69) is 0 Å². The number of nitrogens with zero attached hydrogens (tertiary/aromatic N) is 1. The number of fused-ring (bicyclic) bond motifs is 1. The first-order valence-electron chi connectivity index (χ1n) is 5.49. The van der Waals surface area contributed by atoms with Crippen LogP contribution in [0.1, 0.15) is 25.7 Å². The van der Waals surface area contributed by atoms with Crippen molar-refractivity contribution in [1.82, 2.24) is 4.31 Å². The van der Waals surface area contributed by atoms with Crippen molar-refractivity contribution in [1.29, 1.82) is 0 Å². The van der Waals surface area contributed by atoms with Gasteiger partial charge in [0.2, 0.25) is 0 Å². The van der Waals surface area contributed by atoms with Gasteiger partial charge >= 0.3 is 17.9 Å². The van der Waals surface area contributed by atoms with E-state index < -0.39 is 29.6 Å². The summed E-state index contributed by atoms with van der Waals surface area (Å²) in [5, 5.41) is 0. The lowest BCUT2D eigenvalue weighted by Gasteiger charge is -2.34. The van der Waals surface area contributed by atoms with Gasteiger partial charge in [0.1, 0.15) is 0 Å². The van der Waals surface area contributed by atoms with Crippen molar-refractivity contribution in [3.63, 3.8) is 0 Å². The monoisotopic (exact) mass is 285 g/mol. The molecule has 3 atom stereocenters. The summed E-state index contributed by atoms with van der Waals surface area (Å²) in [5.74, 6) is 0.111. The third-order valence-electron chi connectivity index (χ3n) is 3.79. The SMILES string of the molecule is O=P(O)(O)C1CCC2CCN(S(=O)(=O)O)C2C1. The van der Waals surface area contributed by atoms with Crippen molar-refractivity contribution in [3.8, 4) is 0 Å². The molecule has 1 heterocycles. The zero-order chi connectivity index (χ0) is 12.8. The molecule has 0 bridgehead atoms. The van der Waals surface area contributed by atoms with Gasteiger partial charge in [-0.2, -0.15) is 12.7 Å². The van der Waals surface area contributed by atoms with E-state index in [-0.39, 0.29) is 18.9 Å². The Balaban J connectivity index is 2.18. The van der Waals surface area contributed by atoms with Gasteiger partial charge in [-0.3, -0.25) is 9.12 Å². The highest BCUT2D eigenvalue weighted by Crippen LogP contribution is 2.51. The summed E-state index contributed by atoms with van der Waals surface area (Å²) in [6.45, 7) is 0.238. The fraction of sp³-hybridized carbons (Fsp3) is 1.00.